The van der Waals surface area contributed by atoms with Gasteiger partial charge in [0.15, 0.2) is 0 Å². The summed E-state index contributed by atoms with van der Waals surface area (Å²) < 4.78 is 4.86. The summed E-state index contributed by atoms with van der Waals surface area (Å²) in [5, 5.41) is 3.69. The molecule has 0 radical (unpaired) electrons. The van der Waals surface area contributed by atoms with Crippen LogP contribution in [0.1, 0.15) is 30.5 Å². The van der Waals surface area contributed by atoms with Gasteiger partial charge in [-0.1, -0.05) is 183 Å². The Labute approximate surface area is 449 Å². The minimum absolute atomic E-state index is 0.396. The third-order valence-corrected chi connectivity index (χ3v) is 15.5. The molecule has 0 bridgehead atoms. The maximum atomic E-state index is 2.48. The average molecular weight is 987 g/mol. The number of allylic oxidation sites excluding steroid dienone is 1. The zero-order valence-corrected chi connectivity index (χ0v) is 42.8. The molecule has 0 N–H and O–H groups in total. The topological polar surface area (TPSA) is 16.3 Å². The molecule has 0 fully saturated rings. The molecule has 2 heterocycles. The number of rotatable bonds is 11. The van der Waals surface area contributed by atoms with E-state index in [0.717, 1.165) is 57.4 Å². The standard InChI is InChI=1S/C73H54N4/c1-51-17-16-27-67-69-50-65(46-48-72(69)77(73(51)67)59-24-12-5-13-25-59)75(61-39-31-55(32-40-61)53-20-8-3-9-21-53)63-43-35-57(36-44-63)56-33-41-62(42-34-56)74(60-37-29-54(30-38-60)52-18-6-2-7-19-52)64-45-47-71-68(49-64)66-26-14-15-28-70(66)76(71)58-22-10-4-11-23-58/h2-16,18-51H,17H2,1H3. The van der Waals surface area contributed by atoms with Crippen molar-refractivity contribution in [2.24, 2.45) is 0 Å². The summed E-state index contributed by atoms with van der Waals surface area (Å²) in [4.78, 5) is 4.79. The van der Waals surface area contributed by atoms with Gasteiger partial charge in [0.1, 0.15) is 0 Å². The first-order chi connectivity index (χ1) is 38.1. The van der Waals surface area contributed by atoms with Crippen molar-refractivity contribution in [2.75, 3.05) is 9.80 Å². The SMILES string of the molecule is CC1CC=Cc2c1n(-c1ccccc1)c1ccc(N(c3ccc(-c4ccccc4)cc3)c3ccc(-c4ccc(N(c5ccc(-c6ccccc6)cc5)c5ccc6c(c5)c5ccccc5n6-c5ccccc5)cc4)cc3)cc21. The molecule has 1 unspecified atom stereocenters. The minimum atomic E-state index is 0.396. The molecule has 4 heteroatoms. The van der Waals surface area contributed by atoms with Crippen molar-refractivity contribution < 1.29 is 0 Å². The van der Waals surface area contributed by atoms with Crippen LogP contribution in [0.25, 0.3) is 83.5 Å². The molecule has 0 spiro atoms. The fourth-order valence-corrected chi connectivity index (χ4v) is 11.8. The van der Waals surface area contributed by atoms with E-state index < -0.39 is 0 Å². The second kappa shape index (κ2) is 19.4. The number of nitrogens with zero attached hydrogens (tertiary/aromatic N) is 4. The summed E-state index contributed by atoms with van der Waals surface area (Å²) in [6.45, 7) is 2.35. The van der Waals surface area contributed by atoms with E-state index in [1.807, 2.05) is 0 Å². The molecule has 1 atom stereocenters. The van der Waals surface area contributed by atoms with E-state index in [0.29, 0.717) is 5.92 Å². The van der Waals surface area contributed by atoms with Crippen molar-refractivity contribution in [1.29, 1.82) is 0 Å². The number of para-hydroxylation sites is 3. The van der Waals surface area contributed by atoms with Crippen LogP contribution in [0, 0.1) is 0 Å². The van der Waals surface area contributed by atoms with E-state index >= 15 is 0 Å². The minimum Gasteiger partial charge on any atom is -0.313 e. The second-order valence-corrected chi connectivity index (χ2v) is 20.2. The highest BCUT2D eigenvalue weighted by Crippen LogP contribution is 2.45. The van der Waals surface area contributed by atoms with Gasteiger partial charge in [-0.3, -0.25) is 0 Å². The zero-order valence-electron chi connectivity index (χ0n) is 42.8. The molecule has 13 aromatic rings. The van der Waals surface area contributed by atoms with Crippen molar-refractivity contribution in [3.8, 4) is 44.8 Å². The monoisotopic (exact) mass is 986 g/mol. The summed E-state index contributed by atoms with van der Waals surface area (Å²) in [5.41, 5.74) is 22.3. The molecule has 1 aliphatic carbocycles. The Morgan fingerprint density at radius 2 is 0.662 bits per heavy atom. The lowest BCUT2D eigenvalue weighted by Crippen LogP contribution is -2.10. The van der Waals surface area contributed by atoms with E-state index in [1.54, 1.807) is 0 Å². The van der Waals surface area contributed by atoms with Crippen LogP contribution in [0.15, 0.2) is 285 Å². The first-order valence-corrected chi connectivity index (χ1v) is 26.7. The number of hydrogen-bond donors (Lipinski definition) is 0. The van der Waals surface area contributed by atoms with Gasteiger partial charge in [0.25, 0.3) is 0 Å². The van der Waals surface area contributed by atoms with Gasteiger partial charge in [-0.05, 0) is 155 Å². The van der Waals surface area contributed by atoms with E-state index in [9.17, 15) is 0 Å². The van der Waals surface area contributed by atoms with Gasteiger partial charge in [0.05, 0.1) is 16.6 Å². The van der Waals surface area contributed by atoms with Crippen molar-refractivity contribution in [3.63, 3.8) is 0 Å². The van der Waals surface area contributed by atoms with Crippen molar-refractivity contribution in [3.05, 3.63) is 296 Å². The lowest BCUT2D eigenvalue weighted by Gasteiger charge is -2.27. The fraction of sp³-hybridized carbons (Fsp3) is 0.0411. The van der Waals surface area contributed by atoms with E-state index in [2.05, 4.69) is 317 Å². The van der Waals surface area contributed by atoms with Gasteiger partial charge in [0.2, 0.25) is 0 Å². The smallest absolute Gasteiger partial charge is 0.0542 e. The van der Waals surface area contributed by atoms with Crippen molar-refractivity contribution in [2.45, 2.75) is 19.3 Å². The number of anilines is 6. The van der Waals surface area contributed by atoms with Crippen LogP contribution in [0.3, 0.4) is 0 Å². The third kappa shape index (κ3) is 8.28. The lowest BCUT2D eigenvalue weighted by molar-refractivity contribution is 0.723. The highest BCUT2D eigenvalue weighted by Gasteiger charge is 2.25. The Kier molecular flexibility index (Phi) is 11.5. The molecule has 1 aliphatic rings. The molecule has 366 valence electrons. The van der Waals surface area contributed by atoms with Crippen LogP contribution in [0.4, 0.5) is 34.1 Å². The Morgan fingerprint density at radius 3 is 1.13 bits per heavy atom. The lowest BCUT2D eigenvalue weighted by atomic mass is 9.93. The average Bonchev–Trinajstić information content (AvgIpc) is 4.15. The maximum absolute atomic E-state index is 2.48. The van der Waals surface area contributed by atoms with Crippen LogP contribution < -0.4 is 9.80 Å². The highest BCUT2D eigenvalue weighted by molar-refractivity contribution is 6.11. The van der Waals surface area contributed by atoms with Crippen molar-refractivity contribution >= 4 is 72.9 Å². The first kappa shape index (κ1) is 45.7. The molecule has 2 aromatic heterocycles. The first-order valence-electron chi connectivity index (χ1n) is 26.7. The van der Waals surface area contributed by atoms with Crippen molar-refractivity contribution in [1.82, 2.24) is 9.13 Å². The quantitative estimate of drug-likeness (QED) is 0.128. The molecular weight excluding hydrogens is 933 g/mol. The molecule has 0 saturated carbocycles. The van der Waals surface area contributed by atoms with Crippen LogP contribution in [0.5, 0.6) is 0 Å². The molecule has 4 nitrogen and oxygen atoms in total. The van der Waals surface area contributed by atoms with E-state index in [-0.39, 0.29) is 0 Å². The number of benzene rings is 11. The predicted octanol–water partition coefficient (Wildman–Crippen LogP) is 20.2. The van der Waals surface area contributed by atoms with Gasteiger partial charge in [-0.2, -0.15) is 0 Å². The fourth-order valence-electron chi connectivity index (χ4n) is 11.8. The Bertz CT molecular complexity index is 4250. The third-order valence-electron chi connectivity index (χ3n) is 15.5. The van der Waals surface area contributed by atoms with Crippen LogP contribution in [-0.2, 0) is 0 Å². The second-order valence-electron chi connectivity index (χ2n) is 20.2. The summed E-state index contributed by atoms with van der Waals surface area (Å²) in [7, 11) is 0. The Balaban J connectivity index is 0.842. The van der Waals surface area contributed by atoms with Gasteiger partial charge < -0.3 is 18.9 Å². The predicted molar refractivity (Wildman–Crippen MR) is 325 cm³/mol. The van der Waals surface area contributed by atoms with Gasteiger partial charge in [-0.25, -0.2) is 0 Å². The van der Waals surface area contributed by atoms with Gasteiger partial charge in [0, 0.05) is 78.8 Å². The number of aromatic nitrogens is 2. The van der Waals surface area contributed by atoms with Crippen LogP contribution in [-0.4, -0.2) is 9.13 Å². The largest absolute Gasteiger partial charge is 0.313 e. The molecule has 0 saturated heterocycles. The Morgan fingerprint density at radius 1 is 0.312 bits per heavy atom. The number of fused-ring (bicyclic) bond motifs is 6. The van der Waals surface area contributed by atoms with Gasteiger partial charge >= 0.3 is 0 Å². The molecule has 0 amide bonds. The van der Waals surface area contributed by atoms with Crippen LogP contribution in [0.2, 0.25) is 0 Å². The molecule has 77 heavy (non-hydrogen) atoms. The summed E-state index contributed by atoms with van der Waals surface area (Å²) in [5.74, 6) is 0.396. The molecule has 14 rings (SSSR count). The summed E-state index contributed by atoms with van der Waals surface area (Å²) in [6.07, 6.45) is 5.70. The molecule has 0 aliphatic heterocycles. The highest BCUT2D eigenvalue weighted by atomic mass is 15.1. The number of hydrogen-bond acceptors (Lipinski definition) is 2. The molecular formula is C73H54N4. The van der Waals surface area contributed by atoms with E-state index in [1.165, 1.54) is 71.9 Å². The van der Waals surface area contributed by atoms with Crippen LogP contribution >= 0.6 is 0 Å². The van der Waals surface area contributed by atoms with Gasteiger partial charge in [-0.15, -0.1) is 0 Å². The summed E-state index contributed by atoms with van der Waals surface area (Å²) >= 11 is 0. The summed E-state index contributed by atoms with van der Waals surface area (Å²) in [6, 6.07) is 101. The Hall–Kier alpha value is -9.90. The molecule has 11 aromatic carbocycles. The maximum Gasteiger partial charge on any atom is 0.0542 e. The normalized spacial score (nSPS) is 13.0. The zero-order chi connectivity index (χ0) is 51.2. The van der Waals surface area contributed by atoms with E-state index in [4.69, 9.17) is 0 Å².